The third-order valence-electron chi connectivity index (χ3n) is 4.22. The zero-order valence-electron chi connectivity index (χ0n) is 15.1. The molecule has 0 saturated heterocycles. The second-order valence-electron chi connectivity index (χ2n) is 5.95. The zero-order chi connectivity index (χ0) is 18.1. The first-order valence-electron chi connectivity index (χ1n) is 8.19. The number of aryl methyl sites for hydroxylation is 3. The Bertz CT molecular complexity index is 988. The summed E-state index contributed by atoms with van der Waals surface area (Å²) in [5, 5.41) is 4.44. The molecule has 1 N–H and O–H groups in total. The molecule has 0 saturated carbocycles. The Morgan fingerprint density at radius 3 is 2.56 bits per heavy atom. The fourth-order valence-electron chi connectivity index (χ4n) is 3.02. The normalized spacial score (nSPS) is 11.1. The number of benzene rings is 1. The molecule has 0 aliphatic carbocycles. The number of methoxy groups -OCH3 is 2. The molecule has 0 atom stereocenters. The van der Waals surface area contributed by atoms with Crippen molar-refractivity contribution in [2.24, 2.45) is 7.05 Å². The molecule has 7 nitrogen and oxygen atoms in total. The summed E-state index contributed by atoms with van der Waals surface area (Å²) in [5.74, 6) is 1.78. The molecule has 0 unspecified atom stereocenters. The number of rotatable bonds is 5. The average Bonchev–Trinajstić information content (AvgIpc) is 2.91. The van der Waals surface area contributed by atoms with E-state index in [1.165, 1.54) is 0 Å². The Balaban J connectivity index is 2.30. The van der Waals surface area contributed by atoms with Gasteiger partial charge in [-0.05, 0) is 31.0 Å². The van der Waals surface area contributed by atoms with Gasteiger partial charge < -0.3 is 14.5 Å². The number of H-pyrrole nitrogens is 1. The third-order valence-corrected chi connectivity index (χ3v) is 4.22. The van der Waals surface area contributed by atoms with Crippen LogP contribution in [0.4, 0.5) is 0 Å². The number of nitrogens with zero attached hydrogens (tertiary/aromatic N) is 3. The van der Waals surface area contributed by atoms with Crippen molar-refractivity contribution in [3.05, 3.63) is 33.7 Å². The molecular weight excluding hydrogens is 320 g/mol. The van der Waals surface area contributed by atoms with Gasteiger partial charge in [0.25, 0.3) is 5.56 Å². The molecule has 1 aromatic carbocycles. The van der Waals surface area contributed by atoms with Crippen molar-refractivity contribution < 1.29 is 9.47 Å². The van der Waals surface area contributed by atoms with Gasteiger partial charge in [-0.2, -0.15) is 5.10 Å². The summed E-state index contributed by atoms with van der Waals surface area (Å²) >= 11 is 0. The SMILES string of the molecule is CCCc1nn(C)c2c(=O)[nH]c(-c3cc(OC)c(C)cc3OC)nc12. The molecule has 2 aromatic heterocycles. The summed E-state index contributed by atoms with van der Waals surface area (Å²) in [6.07, 6.45) is 1.69. The lowest BCUT2D eigenvalue weighted by Crippen LogP contribution is -2.12. The van der Waals surface area contributed by atoms with Gasteiger partial charge in [-0.3, -0.25) is 9.48 Å². The number of fused-ring (bicyclic) bond motifs is 1. The molecule has 0 aliphatic heterocycles. The Kier molecular flexibility index (Phi) is 4.48. The van der Waals surface area contributed by atoms with Crippen molar-refractivity contribution in [3.63, 3.8) is 0 Å². The molecule has 25 heavy (non-hydrogen) atoms. The molecule has 132 valence electrons. The molecule has 3 rings (SSSR count). The standard InChI is InChI=1S/C18H22N4O3/c1-6-7-12-15-16(22(3)21-12)18(23)20-17(19-15)11-9-13(24-4)10(2)8-14(11)25-5/h8-9H,6-7H2,1-5H3,(H,19,20,23). The van der Waals surface area contributed by atoms with E-state index in [2.05, 4.69) is 22.0 Å². The van der Waals surface area contributed by atoms with Gasteiger partial charge >= 0.3 is 0 Å². The van der Waals surface area contributed by atoms with Gasteiger partial charge in [0.1, 0.15) is 22.8 Å². The highest BCUT2D eigenvalue weighted by Gasteiger charge is 2.18. The van der Waals surface area contributed by atoms with Crippen molar-refractivity contribution in [1.29, 1.82) is 0 Å². The second-order valence-corrected chi connectivity index (χ2v) is 5.95. The first-order valence-corrected chi connectivity index (χ1v) is 8.19. The number of aromatic nitrogens is 4. The second kappa shape index (κ2) is 6.58. The van der Waals surface area contributed by atoms with Crippen LogP contribution in [0.5, 0.6) is 11.5 Å². The first-order chi connectivity index (χ1) is 12.0. The summed E-state index contributed by atoms with van der Waals surface area (Å²) in [6, 6.07) is 3.70. The van der Waals surface area contributed by atoms with Crippen molar-refractivity contribution in [1.82, 2.24) is 19.7 Å². The van der Waals surface area contributed by atoms with Crippen LogP contribution < -0.4 is 15.0 Å². The smallest absolute Gasteiger partial charge is 0.277 e. The lowest BCUT2D eigenvalue weighted by molar-refractivity contribution is 0.401. The molecular formula is C18H22N4O3. The third kappa shape index (κ3) is 2.86. The number of hydrogen-bond donors (Lipinski definition) is 1. The van der Waals surface area contributed by atoms with E-state index in [0.29, 0.717) is 33.9 Å². The molecule has 0 fully saturated rings. The Labute approximate surface area is 145 Å². The van der Waals surface area contributed by atoms with E-state index in [-0.39, 0.29) is 5.56 Å². The number of nitrogens with one attached hydrogen (secondary N) is 1. The van der Waals surface area contributed by atoms with Crippen LogP contribution in [0.2, 0.25) is 0 Å². The maximum Gasteiger partial charge on any atom is 0.277 e. The highest BCUT2D eigenvalue weighted by Crippen LogP contribution is 2.34. The lowest BCUT2D eigenvalue weighted by atomic mass is 10.1. The maximum absolute atomic E-state index is 12.6. The Hall–Kier alpha value is -2.83. The molecule has 0 bridgehead atoms. The van der Waals surface area contributed by atoms with E-state index in [0.717, 1.165) is 24.1 Å². The van der Waals surface area contributed by atoms with Crippen LogP contribution in [0.15, 0.2) is 16.9 Å². The van der Waals surface area contributed by atoms with Gasteiger partial charge in [-0.1, -0.05) is 13.3 Å². The molecule has 0 amide bonds. The summed E-state index contributed by atoms with van der Waals surface area (Å²) in [4.78, 5) is 20.1. The van der Waals surface area contributed by atoms with Gasteiger partial charge in [-0.25, -0.2) is 4.98 Å². The van der Waals surface area contributed by atoms with Crippen molar-refractivity contribution >= 4 is 11.0 Å². The summed E-state index contributed by atoms with van der Waals surface area (Å²) < 4.78 is 12.5. The fourth-order valence-corrected chi connectivity index (χ4v) is 3.02. The van der Waals surface area contributed by atoms with Gasteiger partial charge in [0.05, 0.1) is 25.5 Å². The summed E-state index contributed by atoms with van der Waals surface area (Å²) in [6.45, 7) is 4.01. The first kappa shape index (κ1) is 17.0. The van der Waals surface area contributed by atoms with Crippen LogP contribution >= 0.6 is 0 Å². The monoisotopic (exact) mass is 342 g/mol. The lowest BCUT2D eigenvalue weighted by Gasteiger charge is -2.12. The molecule has 2 heterocycles. The van der Waals surface area contributed by atoms with E-state index >= 15 is 0 Å². The van der Waals surface area contributed by atoms with Gasteiger partial charge in [-0.15, -0.1) is 0 Å². The van der Waals surface area contributed by atoms with Crippen molar-refractivity contribution in [3.8, 4) is 22.9 Å². The van der Waals surface area contributed by atoms with E-state index in [4.69, 9.17) is 9.47 Å². The van der Waals surface area contributed by atoms with Crippen molar-refractivity contribution in [2.75, 3.05) is 14.2 Å². The molecule has 3 aromatic rings. The van der Waals surface area contributed by atoms with Crippen molar-refractivity contribution in [2.45, 2.75) is 26.7 Å². The fraction of sp³-hybridized carbons (Fsp3) is 0.389. The minimum absolute atomic E-state index is 0.223. The topological polar surface area (TPSA) is 82.0 Å². The predicted molar refractivity (Wildman–Crippen MR) is 96.4 cm³/mol. The Morgan fingerprint density at radius 1 is 1.20 bits per heavy atom. The Morgan fingerprint density at radius 2 is 1.92 bits per heavy atom. The van der Waals surface area contributed by atoms with Gasteiger partial charge in [0.2, 0.25) is 0 Å². The van der Waals surface area contributed by atoms with Crippen LogP contribution in [0.25, 0.3) is 22.4 Å². The molecule has 0 spiro atoms. The minimum Gasteiger partial charge on any atom is -0.496 e. The molecule has 7 heteroatoms. The van der Waals surface area contributed by atoms with Crippen LogP contribution in [-0.4, -0.2) is 34.0 Å². The molecule has 0 radical (unpaired) electrons. The number of ether oxygens (including phenoxy) is 2. The highest BCUT2D eigenvalue weighted by molar-refractivity contribution is 5.80. The van der Waals surface area contributed by atoms with E-state index in [1.54, 1.807) is 25.9 Å². The summed E-state index contributed by atoms with van der Waals surface area (Å²) in [7, 11) is 4.96. The number of aromatic amines is 1. The van der Waals surface area contributed by atoms with Crippen LogP contribution in [0, 0.1) is 6.92 Å². The van der Waals surface area contributed by atoms with Gasteiger partial charge in [0.15, 0.2) is 5.52 Å². The highest BCUT2D eigenvalue weighted by atomic mass is 16.5. The van der Waals surface area contributed by atoms with Crippen LogP contribution in [0.3, 0.4) is 0 Å². The van der Waals surface area contributed by atoms with E-state index < -0.39 is 0 Å². The largest absolute Gasteiger partial charge is 0.496 e. The van der Waals surface area contributed by atoms with E-state index in [9.17, 15) is 4.79 Å². The van der Waals surface area contributed by atoms with Crippen LogP contribution in [0.1, 0.15) is 24.6 Å². The summed E-state index contributed by atoms with van der Waals surface area (Å²) in [5.41, 5.74) is 3.33. The van der Waals surface area contributed by atoms with E-state index in [1.807, 2.05) is 19.1 Å². The van der Waals surface area contributed by atoms with Gasteiger partial charge in [0, 0.05) is 7.05 Å². The quantitative estimate of drug-likeness (QED) is 0.771. The maximum atomic E-state index is 12.6. The minimum atomic E-state index is -0.223. The zero-order valence-corrected chi connectivity index (χ0v) is 15.1. The van der Waals surface area contributed by atoms with Crippen LogP contribution in [-0.2, 0) is 13.5 Å². The number of hydrogen-bond acceptors (Lipinski definition) is 5. The predicted octanol–water partition coefficient (Wildman–Crippen LogP) is 2.60. The molecule has 0 aliphatic rings. The average molecular weight is 342 g/mol.